The molecule has 0 radical (unpaired) electrons. The third-order valence-electron chi connectivity index (χ3n) is 1.81. The molecular formula is C8H4BrCl2N3O2S2. The van der Waals surface area contributed by atoms with Gasteiger partial charge in [0, 0.05) is 4.47 Å². The van der Waals surface area contributed by atoms with Crippen LogP contribution in [0.5, 0.6) is 0 Å². The fraction of sp³-hybridized carbons (Fsp3) is 0. The third-order valence-corrected chi connectivity index (χ3v) is 5.27. The number of halogens is 3. The first-order valence-corrected chi connectivity index (χ1v) is 8.25. The molecule has 1 N–H and O–H groups in total. The van der Waals surface area contributed by atoms with Crippen molar-refractivity contribution in [3.63, 3.8) is 0 Å². The van der Waals surface area contributed by atoms with E-state index in [-0.39, 0.29) is 20.1 Å². The lowest BCUT2D eigenvalue weighted by atomic mass is 10.4. The normalized spacial score (nSPS) is 11.5. The van der Waals surface area contributed by atoms with Gasteiger partial charge in [0.25, 0.3) is 10.0 Å². The van der Waals surface area contributed by atoms with Crippen LogP contribution < -0.4 is 4.72 Å². The van der Waals surface area contributed by atoms with Gasteiger partial charge in [0.2, 0.25) is 5.13 Å². The standard InChI is InChI=1S/C8H4BrCl2N3O2S2/c9-4-1-5(10)7(6(11)2-4)18(15,16)14-8-13-12-3-17-8/h1-3H,(H,13,14). The van der Waals surface area contributed by atoms with E-state index in [0.29, 0.717) is 4.47 Å². The van der Waals surface area contributed by atoms with Gasteiger partial charge in [-0.2, -0.15) is 0 Å². The van der Waals surface area contributed by atoms with E-state index in [1.54, 1.807) is 0 Å². The number of hydrogen-bond donors (Lipinski definition) is 1. The molecule has 0 atom stereocenters. The second kappa shape index (κ2) is 5.30. The molecule has 0 saturated heterocycles. The second-order valence-electron chi connectivity index (χ2n) is 3.05. The van der Waals surface area contributed by atoms with Crippen LogP contribution in [0.3, 0.4) is 0 Å². The largest absolute Gasteiger partial charge is 0.266 e. The molecule has 0 spiro atoms. The molecule has 18 heavy (non-hydrogen) atoms. The van der Waals surface area contributed by atoms with Gasteiger partial charge in [-0.05, 0) is 12.1 Å². The molecule has 0 aliphatic rings. The highest BCUT2D eigenvalue weighted by Crippen LogP contribution is 2.33. The van der Waals surface area contributed by atoms with Gasteiger partial charge in [0.05, 0.1) is 10.0 Å². The summed E-state index contributed by atoms with van der Waals surface area (Å²) in [6, 6.07) is 2.89. The average molecular weight is 389 g/mol. The zero-order chi connectivity index (χ0) is 13.3. The van der Waals surface area contributed by atoms with Gasteiger partial charge in [0.1, 0.15) is 10.4 Å². The van der Waals surface area contributed by atoms with Gasteiger partial charge in [-0.25, -0.2) is 8.42 Å². The van der Waals surface area contributed by atoms with Crippen LogP contribution >= 0.6 is 50.5 Å². The number of aromatic nitrogens is 2. The maximum Gasteiger partial charge on any atom is 0.266 e. The molecule has 2 rings (SSSR count). The van der Waals surface area contributed by atoms with Crippen molar-refractivity contribution >= 4 is 65.6 Å². The minimum Gasteiger partial charge on any atom is -0.253 e. The Morgan fingerprint density at radius 3 is 2.39 bits per heavy atom. The molecule has 1 heterocycles. The van der Waals surface area contributed by atoms with Crippen molar-refractivity contribution in [3.8, 4) is 0 Å². The van der Waals surface area contributed by atoms with E-state index in [4.69, 9.17) is 23.2 Å². The van der Waals surface area contributed by atoms with Gasteiger partial charge in [-0.1, -0.05) is 50.5 Å². The van der Waals surface area contributed by atoms with Crippen LogP contribution in [0.25, 0.3) is 0 Å². The highest BCUT2D eigenvalue weighted by atomic mass is 79.9. The minimum atomic E-state index is -3.89. The SMILES string of the molecule is O=S(=O)(Nc1nncs1)c1c(Cl)cc(Br)cc1Cl. The van der Waals surface area contributed by atoms with Crippen LogP contribution in [0.2, 0.25) is 10.0 Å². The van der Waals surface area contributed by atoms with E-state index in [1.807, 2.05) is 0 Å². The summed E-state index contributed by atoms with van der Waals surface area (Å²) in [6.07, 6.45) is 0. The molecule has 1 aromatic carbocycles. The van der Waals surface area contributed by atoms with E-state index in [1.165, 1.54) is 17.6 Å². The first kappa shape index (κ1) is 14.0. The number of benzene rings is 1. The van der Waals surface area contributed by atoms with Gasteiger partial charge in [0.15, 0.2) is 0 Å². The predicted molar refractivity (Wildman–Crippen MR) is 74.9 cm³/mol. The lowest BCUT2D eigenvalue weighted by Crippen LogP contribution is -2.14. The van der Waals surface area contributed by atoms with Crippen LogP contribution in [-0.4, -0.2) is 18.6 Å². The van der Waals surface area contributed by atoms with Gasteiger partial charge in [-0.15, -0.1) is 10.2 Å². The van der Waals surface area contributed by atoms with Crippen LogP contribution in [-0.2, 0) is 10.0 Å². The average Bonchev–Trinajstić information content (AvgIpc) is 2.66. The second-order valence-corrected chi connectivity index (χ2v) is 7.23. The lowest BCUT2D eigenvalue weighted by Gasteiger charge is -2.09. The monoisotopic (exact) mass is 387 g/mol. The van der Waals surface area contributed by atoms with Gasteiger partial charge < -0.3 is 0 Å². The Kier molecular flexibility index (Phi) is 4.12. The number of rotatable bonds is 3. The van der Waals surface area contributed by atoms with E-state index in [2.05, 4.69) is 30.8 Å². The Hall–Kier alpha value is -0.410. The Bertz CT molecular complexity index is 653. The zero-order valence-corrected chi connectivity index (χ0v) is 13.1. The van der Waals surface area contributed by atoms with Crippen molar-refractivity contribution in [2.45, 2.75) is 4.90 Å². The molecule has 0 aliphatic heterocycles. The van der Waals surface area contributed by atoms with Crippen molar-refractivity contribution in [3.05, 3.63) is 32.2 Å². The van der Waals surface area contributed by atoms with Crippen LogP contribution in [0, 0.1) is 0 Å². The zero-order valence-electron chi connectivity index (χ0n) is 8.39. The van der Waals surface area contributed by atoms with E-state index in [9.17, 15) is 8.42 Å². The minimum absolute atomic E-state index is 0.0198. The molecule has 10 heteroatoms. The molecule has 2 aromatic rings. The summed E-state index contributed by atoms with van der Waals surface area (Å²) >= 11 is 16.0. The molecule has 0 amide bonds. The third kappa shape index (κ3) is 2.94. The number of nitrogens with zero attached hydrogens (tertiary/aromatic N) is 2. The summed E-state index contributed by atoms with van der Waals surface area (Å²) in [5, 5.41) is 7.30. The van der Waals surface area contributed by atoms with E-state index in [0.717, 1.165) is 11.3 Å². The fourth-order valence-corrected chi connectivity index (χ4v) is 4.80. The smallest absolute Gasteiger partial charge is 0.253 e. The molecule has 0 bridgehead atoms. The lowest BCUT2D eigenvalue weighted by molar-refractivity contribution is 0.601. The van der Waals surface area contributed by atoms with Gasteiger partial charge in [-0.3, -0.25) is 4.72 Å². The fourth-order valence-electron chi connectivity index (χ4n) is 1.17. The highest BCUT2D eigenvalue weighted by Gasteiger charge is 2.23. The molecular weight excluding hydrogens is 385 g/mol. The molecule has 0 fully saturated rings. The summed E-state index contributed by atoms with van der Waals surface area (Å²) in [7, 11) is -3.89. The predicted octanol–water partition coefficient (Wildman–Crippen LogP) is 3.41. The number of sulfonamides is 1. The maximum atomic E-state index is 12.1. The summed E-state index contributed by atoms with van der Waals surface area (Å²) in [6.45, 7) is 0. The van der Waals surface area contributed by atoms with Gasteiger partial charge >= 0.3 is 0 Å². The topological polar surface area (TPSA) is 72.0 Å². The van der Waals surface area contributed by atoms with Crippen molar-refractivity contribution in [2.24, 2.45) is 0 Å². The molecule has 0 aliphatic carbocycles. The summed E-state index contributed by atoms with van der Waals surface area (Å²) in [5.74, 6) is 0. The Balaban J connectivity index is 2.48. The van der Waals surface area contributed by atoms with Crippen LogP contribution in [0.4, 0.5) is 5.13 Å². The Morgan fingerprint density at radius 1 is 1.28 bits per heavy atom. The summed E-state index contributed by atoms with van der Waals surface area (Å²) in [5.41, 5.74) is 1.41. The summed E-state index contributed by atoms with van der Waals surface area (Å²) < 4.78 is 27.0. The van der Waals surface area contributed by atoms with Crippen molar-refractivity contribution < 1.29 is 8.42 Å². The highest BCUT2D eigenvalue weighted by molar-refractivity contribution is 9.10. The van der Waals surface area contributed by atoms with Crippen LogP contribution in [0.15, 0.2) is 27.0 Å². The Morgan fingerprint density at radius 2 is 1.89 bits per heavy atom. The number of anilines is 1. The van der Waals surface area contributed by atoms with Crippen molar-refractivity contribution in [1.29, 1.82) is 0 Å². The molecule has 96 valence electrons. The number of hydrogen-bond acceptors (Lipinski definition) is 5. The first-order valence-electron chi connectivity index (χ1n) is 4.33. The summed E-state index contributed by atoms with van der Waals surface area (Å²) in [4.78, 5) is -0.191. The van der Waals surface area contributed by atoms with Crippen molar-refractivity contribution in [1.82, 2.24) is 10.2 Å². The van der Waals surface area contributed by atoms with Crippen molar-refractivity contribution in [2.75, 3.05) is 4.72 Å². The molecule has 5 nitrogen and oxygen atoms in total. The van der Waals surface area contributed by atoms with E-state index >= 15 is 0 Å². The molecule has 0 saturated carbocycles. The maximum absolute atomic E-state index is 12.1. The first-order chi connectivity index (χ1) is 8.40. The van der Waals surface area contributed by atoms with E-state index < -0.39 is 10.0 Å². The molecule has 1 aromatic heterocycles. The number of nitrogens with one attached hydrogen (secondary N) is 1. The van der Waals surface area contributed by atoms with Crippen LogP contribution in [0.1, 0.15) is 0 Å². The quantitative estimate of drug-likeness (QED) is 0.874. The molecule has 0 unspecified atom stereocenters. The Labute approximate surface area is 125 Å².